The molecule has 0 radical (unpaired) electrons. The molecule has 0 aliphatic carbocycles. The predicted octanol–water partition coefficient (Wildman–Crippen LogP) is 2.66. The Morgan fingerprint density at radius 1 is 1.55 bits per heavy atom. The van der Waals surface area contributed by atoms with Crippen molar-refractivity contribution < 1.29 is 17.9 Å². The van der Waals surface area contributed by atoms with Gasteiger partial charge in [0.15, 0.2) is 9.80 Å². The van der Waals surface area contributed by atoms with Crippen LogP contribution in [0.1, 0.15) is 23.3 Å². The molecular weight excluding hydrogens is 368 g/mol. The highest BCUT2D eigenvalue weighted by Crippen LogP contribution is 2.30. The number of nitrogens with zero attached hydrogens (tertiary/aromatic N) is 1. The summed E-state index contributed by atoms with van der Waals surface area (Å²) in [5.74, 6) is 0.168. The van der Waals surface area contributed by atoms with Crippen LogP contribution in [0.5, 0.6) is 0 Å². The van der Waals surface area contributed by atoms with E-state index in [1.807, 2.05) is 13.8 Å². The Balaban J connectivity index is 2.32. The summed E-state index contributed by atoms with van der Waals surface area (Å²) in [6.07, 6.45) is 0.744. The maximum atomic E-state index is 12.2. The minimum Gasteiger partial charge on any atom is -0.450 e. The first-order valence-electron chi connectivity index (χ1n) is 5.75. The van der Waals surface area contributed by atoms with Gasteiger partial charge in [-0.15, -0.1) is 11.3 Å². The van der Waals surface area contributed by atoms with Crippen LogP contribution in [0.4, 0.5) is 5.13 Å². The number of aromatic nitrogens is 1. The number of hydrogen-bond donors (Lipinski definition) is 2. The van der Waals surface area contributed by atoms with Crippen LogP contribution >= 0.6 is 27.3 Å². The topological polar surface area (TPSA) is 92.4 Å². The van der Waals surface area contributed by atoms with E-state index < -0.39 is 10.0 Å². The number of sulfonamides is 1. The van der Waals surface area contributed by atoms with Crippen molar-refractivity contribution in [3.63, 3.8) is 0 Å². The molecule has 0 saturated carbocycles. The number of aryl methyl sites for hydroxylation is 2. The third-order valence-corrected chi connectivity index (χ3v) is 5.85. The number of furan rings is 1. The van der Waals surface area contributed by atoms with E-state index in [9.17, 15) is 8.42 Å². The van der Waals surface area contributed by atoms with E-state index in [1.54, 1.807) is 0 Å². The van der Waals surface area contributed by atoms with E-state index in [-0.39, 0.29) is 21.9 Å². The third-order valence-electron chi connectivity index (χ3n) is 2.60. The van der Waals surface area contributed by atoms with Crippen molar-refractivity contribution in [2.75, 3.05) is 4.72 Å². The van der Waals surface area contributed by atoms with Crippen LogP contribution in [-0.2, 0) is 23.1 Å². The van der Waals surface area contributed by atoms with Gasteiger partial charge in [0.1, 0.15) is 17.3 Å². The molecule has 2 heterocycles. The molecule has 6 nitrogen and oxygen atoms in total. The molecule has 2 aromatic rings. The van der Waals surface area contributed by atoms with Gasteiger partial charge in [-0.05, 0) is 29.3 Å². The van der Waals surface area contributed by atoms with E-state index in [0.29, 0.717) is 5.13 Å². The highest BCUT2D eigenvalue weighted by molar-refractivity contribution is 9.10. The lowest BCUT2D eigenvalue weighted by atomic mass is 10.3. The zero-order valence-electron chi connectivity index (χ0n) is 10.8. The fourth-order valence-electron chi connectivity index (χ4n) is 1.63. The minimum atomic E-state index is -3.80. The normalized spacial score (nSPS) is 11.8. The van der Waals surface area contributed by atoms with E-state index in [2.05, 4.69) is 25.6 Å². The smallest absolute Gasteiger partial charge is 0.268 e. The molecule has 2 aromatic heterocycles. The van der Waals surface area contributed by atoms with Gasteiger partial charge in [-0.1, -0.05) is 6.92 Å². The Hall–Kier alpha value is -0.900. The molecule has 9 heteroatoms. The number of thiazole rings is 1. The fraction of sp³-hybridized carbons (Fsp3) is 0.364. The van der Waals surface area contributed by atoms with Crippen molar-refractivity contribution in [1.82, 2.24) is 4.98 Å². The van der Waals surface area contributed by atoms with Gasteiger partial charge in [0, 0.05) is 10.9 Å². The monoisotopic (exact) mass is 380 g/mol. The quantitative estimate of drug-likeness (QED) is 0.831. The summed E-state index contributed by atoms with van der Waals surface area (Å²) in [5.41, 5.74) is 0.870. The second-order valence-electron chi connectivity index (χ2n) is 3.99. The first kappa shape index (κ1) is 15.5. The molecule has 0 bridgehead atoms. The van der Waals surface area contributed by atoms with E-state index >= 15 is 0 Å². The molecular formula is C11H13BrN2O4S2. The first-order chi connectivity index (χ1) is 9.37. The maximum absolute atomic E-state index is 12.2. The average molecular weight is 381 g/mol. The Kier molecular flexibility index (Phi) is 4.52. The van der Waals surface area contributed by atoms with Gasteiger partial charge in [0.05, 0.1) is 5.69 Å². The summed E-state index contributed by atoms with van der Waals surface area (Å²) < 4.78 is 32.0. The number of aliphatic hydroxyl groups is 1. The van der Waals surface area contributed by atoms with Crippen LogP contribution in [0.3, 0.4) is 0 Å². The second-order valence-corrected chi connectivity index (χ2v) is 7.56. The van der Waals surface area contributed by atoms with Crippen LogP contribution in [0, 0.1) is 6.92 Å². The molecule has 0 aromatic carbocycles. The molecule has 0 unspecified atom stereocenters. The number of hydrogen-bond acceptors (Lipinski definition) is 6. The van der Waals surface area contributed by atoms with Crippen LogP contribution in [0.2, 0.25) is 0 Å². The van der Waals surface area contributed by atoms with Crippen LogP contribution in [-0.4, -0.2) is 18.5 Å². The molecule has 110 valence electrons. The Morgan fingerprint density at radius 2 is 2.25 bits per heavy atom. The van der Waals surface area contributed by atoms with Gasteiger partial charge in [0.2, 0.25) is 0 Å². The Bertz CT molecular complexity index is 721. The Morgan fingerprint density at radius 3 is 2.75 bits per heavy atom. The summed E-state index contributed by atoms with van der Waals surface area (Å²) >= 11 is 4.31. The SMILES string of the molecule is CCc1nc(NS(=O)(=O)c2cc(CO)oc2Br)sc1C. The molecule has 2 rings (SSSR count). The molecule has 0 fully saturated rings. The number of nitrogens with one attached hydrogen (secondary N) is 1. The predicted molar refractivity (Wildman–Crippen MR) is 79.4 cm³/mol. The zero-order chi connectivity index (χ0) is 14.9. The highest BCUT2D eigenvalue weighted by atomic mass is 79.9. The summed E-state index contributed by atoms with van der Waals surface area (Å²) in [6.45, 7) is 3.48. The zero-order valence-corrected chi connectivity index (χ0v) is 14.0. The van der Waals surface area contributed by atoms with Crippen molar-refractivity contribution in [3.8, 4) is 0 Å². The summed E-state index contributed by atoms with van der Waals surface area (Å²) in [5, 5.41) is 9.28. The van der Waals surface area contributed by atoms with Crippen LogP contribution < -0.4 is 4.72 Å². The van der Waals surface area contributed by atoms with Gasteiger partial charge >= 0.3 is 0 Å². The van der Waals surface area contributed by atoms with E-state index in [4.69, 9.17) is 9.52 Å². The highest BCUT2D eigenvalue weighted by Gasteiger charge is 2.24. The summed E-state index contributed by atoms with van der Waals surface area (Å²) in [6, 6.07) is 1.27. The van der Waals surface area contributed by atoms with Crippen molar-refractivity contribution in [3.05, 3.63) is 27.1 Å². The number of rotatable bonds is 5. The molecule has 0 atom stereocenters. The van der Waals surface area contributed by atoms with E-state index in [0.717, 1.165) is 17.0 Å². The lowest BCUT2D eigenvalue weighted by Crippen LogP contribution is -2.12. The van der Waals surface area contributed by atoms with Crippen molar-refractivity contribution in [2.45, 2.75) is 31.8 Å². The van der Waals surface area contributed by atoms with Gasteiger partial charge in [-0.3, -0.25) is 4.72 Å². The Labute approximate surface area is 129 Å². The first-order valence-corrected chi connectivity index (χ1v) is 8.84. The summed E-state index contributed by atoms with van der Waals surface area (Å²) in [4.78, 5) is 5.15. The van der Waals surface area contributed by atoms with Crippen LogP contribution in [0.15, 0.2) is 20.0 Å². The second kappa shape index (κ2) is 5.84. The van der Waals surface area contributed by atoms with Crippen molar-refractivity contribution in [1.29, 1.82) is 0 Å². The van der Waals surface area contributed by atoms with Crippen LogP contribution in [0.25, 0.3) is 0 Å². The van der Waals surface area contributed by atoms with Crippen molar-refractivity contribution >= 4 is 42.4 Å². The number of halogens is 1. The molecule has 20 heavy (non-hydrogen) atoms. The number of anilines is 1. The van der Waals surface area contributed by atoms with Gasteiger partial charge < -0.3 is 9.52 Å². The molecule has 0 amide bonds. The van der Waals surface area contributed by atoms with E-state index in [1.165, 1.54) is 17.4 Å². The third kappa shape index (κ3) is 3.05. The average Bonchev–Trinajstić information content (AvgIpc) is 2.92. The minimum absolute atomic E-state index is 0.0537. The molecule has 0 aliphatic heterocycles. The molecule has 0 saturated heterocycles. The molecule has 0 aliphatic rings. The van der Waals surface area contributed by atoms with Gasteiger partial charge in [-0.2, -0.15) is 0 Å². The molecule has 2 N–H and O–H groups in total. The summed E-state index contributed by atoms with van der Waals surface area (Å²) in [7, 11) is -3.80. The van der Waals surface area contributed by atoms with Gasteiger partial charge in [-0.25, -0.2) is 13.4 Å². The molecule has 0 spiro atoms. The standard InChI is InChI=1S/C11H13BrN2O4S2/c1-3-8-6(2)19-11(13-8)14-20(16,17)9-4-7(5-15)18-10(9)12/h4,15H,3,5H2,1-2H3,(H,13,14). The fourth-order valence-corrected chi connectivity index (χ4v) is 4.76. The lowest BCUT2D eigenvalue weighted by molar-refractivity contribution is 0.245. The van der Waals surface area contributed by atoms with Gasteiger partial charge in [0.25, 0.3) is 10.0 Å². The lowest BCUT2D eigenvalue weighted by Gasteiger charge is -2.02. The van der Waals surface area contributed by atoms with Crippen molar-refractivity contribution in [2.24, 2.45) is 0 Å². The number of aliphatic hydroxyl groups excluding tert-OH is 1. The maximum Gasteiger partial charge on any atom is 0.268 e. The largest absolute Gasteiger partial charge is 0.450 e.